The number of benzene rings is 1. The first-order chi connectivity index (χ1) is 9.16. The highest BCUT2D eigenvalue weighted by atomic mass is 32.2. The second-order valence-electron chi connectivity index (χ2n) is 4.83. The minimum atomic E-state index is -0.807. The van der Waals surface area contributed by atoms with Gasteiger partial charge < -0.3 is 10.4 Å². The average molecular weight is 281 g/mol. The van der Waals surface area contributed by atoms with Gasteiger partial charge in [0.1, 0.15) is 0 Å². The largest absolute Gasteiger partial charge is 0.481 e. The van der Waals surface area contributed by atoms with Crippen molar-refractivity contribution in [1.82, 2.24) is 5.32 Å². The highest BCUT2D eigenvalue weighted by Crippen LogP contribution is 2.16. The summed E-state index contributed by atoms with van der Waals surface area (Å²) < 4.78 is 11.3. The van der Waals surface area contributed by atoms with E-state index in [1.165, 1.54) is 0 Å². The lowest BCUT2D eigenvalue weighted by atomic mass is 9.98. The topological polar surface area (TPSA) is 66.4 Å². The van der Waals surface area contributed by atoms with Crippen LogP contribution in [-0.4, -0.2) is 39.4 Å². The number of nitrogens with one attached hydrogen (secondary N) is 1. The fraction of sp³-hybridized carbons (Fsp3) is 0.500. The molecule has 1 aliphatic heterocycles. The zero-order valence-electron chi connectivity index (χ0n) is 10.7. The summed E-state index contributed by atoms with van der Waals surface area (Å²) in [6.45, 7) is 0.427. The zero-order chi connectivity index (χ0) is 13.7. The van der Waals surface area contributed by atoms with E-state index >= 15 is 0 Å². The number of hydrogen-bond donors (Lipinski definition) is 2. The van der Waals surface area contributed by atoms with Crippen LogP contribution in [0.2, 0.25) is 0 Å². The molecule has 1 heterocycles. The van der Waals surface area contributed by atoms with Crippen LogP contribution in [0.3, 0.4) is 0 Å². The predicted octanol–water partition coefficient (Wildman–Crippen LogP) is 1.36. The standard InChI is InChI=1S/C14H19NO3S/c16-14(17)13(11-4-2-1-3-5-11)10-15-12-6-8-19(18)9-7-12/h1-5,12-13,15H,6-10H2,(H,16,17). The molecule has 0 bridgehead atoms. The van der Waals surface area contributed by atoms with Gasteiger partial charge in [0.05, 0.1) is 5.92 Å². The van der Waals surface area contributed by atoms with E-state index in [9.17, 15) is 14.1 Å². The van der Waals surface area contributed by atoms with Gasteiger partial charge in [-0.15, -0.1) is 0 Å². The fourth-order valence-corrected chi connectivity index (χ4v) is 3.61. The van der Waals surface area contributed by atoms with Crippen molar-refractivity contribution >= 4 is 16.8 Å². The number of hydrogen-bond acceptors (Lipinski definition) is 3. The summed E-state index contributed by atoms with van der Waals surface area (Å²) in [5, 5.41) is 12.6. The molecule has 104 valence electrons. The summed E-state index contributed by atoms with van der Waals surface area (Å²) in [5.41, 5.74) is 0.821. The molecular weight excluding hydrogens is 262 g/mol. The Morgan fingerprint density at radius 1 is 1.32 bits per heavy atom. The predicted molar refractivity (Wildman–Crippen MR) is 75.7 cm³/mol. The molecule has 4 nitrogen and oxygen atoms in total. The van der Waals surface area contributed by atoms with Gasteiger partial charge in [0.2, 0.25) is 0 Å². The van der Waals surface area contributed by atoms with Gasteiger partial charge >= 0.3 is 5.97 Å². The van der Waals surface area contributed by atoms with Crippen LogP contribution in [0.5, 0.6) is 0 Å². The van der Waals surface area contributed by atoms with Gasteiger partial charge in [0.25, 0.3) is 0 Å². The highest BCUT2D eigenvalue weighted by Gasteiger charge is 2.23. The van der Waals surface area contributed by atoms with Crippen molar-refractivity contribution in [2.75, 3.05) is 18.1 Å². The number of rotatable bonds is 5. The molecule has 2 rings (SSSR count). The Kier molecular flexibility index (Phi) is 5.10. The summed E-state index contributed by atoms with van der Waals surface area (Å²) in [5.74, 6) is 0.119. The third-order valence-electron chi connectivity index (χ3n) is 3.50. The molecule has 1 aliphatic rings. The van der Waals surface area contributed by atoms with E-state index in [1.54, 1.807) is 0 Å². The fourth-order valence-electron chi connectivity index (χ4n) is 2.32. The van der Waals surface area contributed by atoms with E-state index in [4.69, 9.17) is 0 Å². The highest BCUT2D eigenvalue weighted by molar-refractivity contribution is 7.85. The normalized spacial score (nSPS) is 24.8. The first kappa shape index (κ1) is 14.2. The quantitative estimate of drug-likeness (QED) is 0.855. The number of aliphatic carboxylic acids is 1. The van der Waals surface area contributed by atoms with Crippen LogP contribution in [0, 0.1) is 0 Å². The minimum Gasteiger partial charge on any atom is -0.481 e. The summed E-state index contributed by atoms with van der Waals surface area (Å²) >= 11 is 0. The molecule has 0 amide bonds. The molecule has 0 aromatic heterocycles. The monoisotopic (exact) mass is 281 g/mol. The van der Waals surface area contributed by atoms with Crippen LogP contribution >= 0.6 is 0 Å². The first-order valence-corrected chi connectivity index (χ1v) is 8.01. The zero-order valence-corrected chi connectivity index (χ0v) is 11.6. The number of carboxylic acids is 1. The van der Waals surface area contributed by atoms with Gasteiger partial charge in [-0.3, -0.25) is 9.00 Å². The summed E-state index contributed by atoms with van der Waals surface area (Å²) in [6, 6.07) is 9.58. The van der Waals surface area contributed by atoms with Crippen molar-refractivity contribution in [2.24, 2.45) is 0 Å². The Morgan fingerprint density at radius 3 is 2.53 bits per heavy atom. The molecule has 0 spiro atoms. The van der Waals surface area contributed by atoms with E-state index in [0.717, 1.165) is 29.9 Å². The van der Waals surface area contributed by atoms with Crippen molar-refractivity contribution in [1.29, 1.82) is 0 Å². The van der Waals surface area contributed by atoms with Crippen molar-refractivity contribution in [3.8, 4) is 0 Å². The molecule has 1 saturated heterocycles. The van der Waals surface area contributed by atoms with Crippen LogP contribution in [0.15, 0.2) is 30.3 Å². The minimum absolute atomic E-state index is 0.295. The van der Waals surface area contributed by atoms with Gasteiger partial charge in [-0.25, -0.2) is 0 Å². The van der Waals surface area contributed by atoms with Crippen molar-refractivity contribution in [3.05, 3.63) is 35.9 Å². The van der Waals surface area contributed by atoms with E-state index in [1.807, 2.05) is 30.3 Å². The second kappa shape index (κ2) is 6.82. The van der Waals surface area contributed by atoms with Crippen molar-refractivity contribution in [2.45, 2.75) is 24.8 Å². The van der Waals surface area contributed by atoms with E-state index in [2.05, 4.69) is 5.32 Å². The Morgan fingerprint density at radius 2 is 1.95 bits per heavy atom. The van der Waals surface area contributed by atoms with Gasteiger partial charge in [-0.1, -0.05) is 30.3 Å². The number of carbonyl (C=O) groups is 1. The summed E-state index contributed by atoms with van der Waals surface area (Å²) in [7, 11) is -0.676. The van der Waals surface area contributed by atoms with Crippen LogP contribution < -0.4 is 5.32 Å². The van der Waals surface area contributed by atoms with E-state index < -0.39 is 22.7 Å². The molecule has 2 N–H and O–H groups in total. The van der Waals surface area contributed by atoms with Crippen LogP contribution in [0.4, 0.5) is 0 Å². The maximum Gasteiger partial charge on any atom is 0.312 e. The Labute approximate surface area is 115 Å². The lowest BCUT2D eigenvalue weighted by molar-refractivity contribution is -0.138. The molecule has 0 radical (unpaired) electrons. The molecule has 0 saturated carbocycles. The first-order valence-electron chi connectivity index (χ1n) is 6.53. The second-order valence-corrected chi connectivity index (χ2v) is 6.53. The molecule has 1 fully saturated rings. The number of carboxylic acid groups (broad SMARTS) is 1. The van der Waals surface area contributed by atoms with Gasteiger partial charge in [0.15, 0.2) is 0 Å². The molecule has 5 heteroatoms. The van der Waals surface area contributed by atoms with Crippen LogP contribution in [-0.2, 0) is 15.6 Å². The van der Waals surface area contributed by atoms with E-state index in [0.29, 0.717) is 12.6 Å². The van der Waals surface area contributed by atoms with Gasteiger partial charge in [0, 0.05) is 34.9 Å². The molecular formula is C14H19NO3S. The van der Waals surface area contributed by atoms with E-state index in [-0.39, 0.29) is 0 Å². The third kappa shape index (κ3) is 4.14. The maximum absolute atomic E-state index is 11.3. The lowest BCUT2D eigenvalue weighted by Crippen LogP contribution is -2.39. The average Bonchev–Trinajstić information content (AvgIpc) is 2.42. The molecule has 1 aromatic rings. The molecule has 0 aliphatic carbocycles. The SMILES string of the molecule is O=C(O)C(CNC1CCS(=O)CC1)c1ccccc1. The Balaban J connectivity index is 1.91. The van der Waals surface area contributed by atoms with Crippen LogP contribution in [0.1, 0.15) is 24.3 Å². The lowest BCUT2D eigenvalue weighted by Gasteiger charge is -2.24. The van der Waals surface area contributed by atoms with Crippen LogP contribution in [0.25, 0.3) is 0 Å². The molecule has 19 heavy (non-hydrogen) atoms. The summed E-state index contributed by atoms with van der Waals surface area (Å²) in [6.07, 6.45) is 1.74. The Bertz CT molecular complexity index is 439. The van der Waals surface area contributed by atoms with Crippen molar-refractivity contribution < 1.29 is 14.1 Å². The summed E-state index contributed by atoms with van der Waals surface area (Å²) in [4.78, 5) is 11.3. The third-order valence-corrected chi connectivity index (χ3v) is 4.88. The molecule has 1 unspecified atom stereocenters. The van der Waals surface area contributed by atoms with Crippen molar-refractivity contribution in [3.63, 3.8) is 0 Å². The Hall–Kier alpha value is -1.20. The smallest absolute Gasteiger partial charge is 0.312 e. The van der Waals surface area contributed by atoms with Gasteiger partial charge in [-0.2, -0.15) is 0 Å². The maximum atomic E-state index is 11.3. The van der Waals surface area contributed by atoms with Gasteiger partial charge in [-0.05, 0) is 18.4 Å². The molecule has 1 atom stereocenters. The molecule has 1 aromatic carbocycles.